The van der Waals surface area contributed by atoms with Gasteiger partial charge in [0.15, 0.2) is 0 Å². The average molecular weight is 314 g/mol. The Hall–Kier alpha value is -0.450. The van der Waals surface area contributed by atoms with Gasteiger partial charge in [0.05, 0.1) is 5.56 Å². The van der Waals surface area contributed by atoms with E-state index in [1.807, 2.05) is 0 Å². The molecule has 0 heterocycles. The van der Waals surface area contributed by atoms with Gasteiger partial charge in [0.1, 0.15) is 0 Å². The molecule has 1 aromatic rings. The quantitative estimate of drug-likeness (QED) is 0.819. The van der Waals surface area contributed by atoms with Gasteiger partial charge >= 0.3 is 6.18 Å². The number of nitrogens with two attached hydrogens (primary N) is 1. The lowest BCUT2D eigenvalue weighted by Crippen LogP contribution is -2.23. The van der Waals surface area contributed by atoms with E-state index in [0.29, 0.717) is 0 Å². The van der Waals surface area contributed by atoms with Crippen LogP contribution in [0.25, 0.3) is 0 Å². The van der Waals surface area contributed by atoms with Crippen LogP contribution in [0.5, 0.6) is 0 Å². The minimum Gasteiger partial charge on any atom is -0.324 e. The van der Waals surface area contributed by atoms with Crippen molar-refractivity contribution in [3.05, 3.63) is 34.3 Å². The van der Waals surface area contributed by atoms with Gasteiger partial charge in [-0.25, -0.2) is 0 Å². The van der Waals surface area contributed by atoms with Crippen LogP contribution in [0.4, 0.5) is 13.2 Å². The molecular weight excluding hydrogens is 298 g/mol. The summed E-state index contributed by atoms with van der Waals surface area (Å²) in [5, 5.41) is 0.115. The van der Waals surface area contributed by atoms with Crippen molar-refractivity contribution in [2.75, 3.05) is 0 Å². The summed E-state index contributed by atoms with van der Waals surface area (Å²) in [6.07, 6.45) is -0.585. The Labute approximate surface area is 121 Å². The fourth-order valence-electron chi connectivity index (χ4n) is 2.68. The third kappa shape index (κ3) is 3.56. The fraction of sp³-hybridized carbons (Fsp3) is 0.538. The van der Waals surface area contributed by atoms with Crippen LogP contribution in [0.2, 0.25) is 5.02 Å². The first-order valence-electron chi connectivity index (χ1n) is 6.02. The van der Waals surface area contributed by atoms with Crippen LogP contribution in [0.1, 0.15) is 42.9 Å². The van der Waals surface area contributed by atoms with Crippen LogP contribution >= 0.6 is 24.0 Å². The zero-order chi connectivity index (χ0) is 13.3. The Morgan fingerprint density at radius 2 is 1.79 bits per heavy atom. The Morgan fingerprint density at radius 1 is 1.21 bits per heavy atom. The highest BCUT2D eigenvalue weighted by Gasteiger charge is 2.37. The molecule has 1 aromatic carbocycles. The SMILES string of the molecule is Cl.N[C@@H](c1c(Cl)cccc1C(F)(F)F)C1CCCC1. The van der Waals surface area contributed by atoms with E-state index in [0.717, 1.165) is 31.7 Å². The lowest BCUT2D eigenvalue weighted by Gasteiger charge is -2.24. The third-order valence-electron chi connectivity index (χ3n) is 3.60. The first-order chi connectivity index (χ1) is 8.41. The molecule has 1 saturated carbocycles. The van der Waals surface area contributed by atoms with Crippen LogP contribution in [0.15, 0.2) is 18.2 Å². The van der Waals surface area contributed by atoms with E-state index in [1.165, 1.54) is 12.1 Å². The van der Waals surface area contributed by atoms with Crippen molar-refractivity contribution in [2.45, 2.75) is 37.9 Å². The lowest BCUT2D eigenvalue weighted by atomic mass is 9.89. The van der Waals surface area contributed by atoms with Crippen molar-refractivity contribution in [3.63, 3.8) is 0 Å². The van der Waals surface area contributed by atoms with E-state index in [4.69, 9.17) is 17.3 Å². The Balaban J connectivity index is 0.00000180. The number of halogens is 5. The van der Waals surface area contributed by atoms with Crippen molar-refractivity contribution in [1.29, 1.82) is 0 Å². The molecular formula is C13H16Cl2F3N. The van der Waals surface area contributed by atoms with Gasteiger partial charge in [-0.05, 0) is 36.5 Å². The predicted molar refractivity (Wildman–Crippen MR) is 72.6 cm³/mol. The van der Waals surface area contributed by atoms with Crippen LogP contribution in [-0.2, 0) is 6.18 Å². The van der Waals surface area contributed by atoms with Crippen molar-refractivity contribution < 1.29 is 13.2 Å². The molecule has 1 atom stereocenters. The number of hydrogen-bond acceptors (Lipinski definition) is 1. The number of hydrogen-bond donors (Lipinski definition) is 1. The molecule has 0 aromatic heterocycles. The Morgan fingerprint density at radius 3 is 2.32 bits per heavy atom. The average Bonchev–Trinajstić information content (AvgIpc) is 2.80. The summed E-state index contributed by atoms with van der Waals surface area (Å²) in [6.45, 7) is 0. The van der Waals surface area contributed by atoms with Gasteiger partial charge in [-0.3, -0.25) is 0 Å². The molecule has 2 N–H and O–H groups in total. The van der Waals surface area contributed by atoms with Crippen molar-refractivity contribution in [2.24, 2.45) is 11.7 Å². The van der Waals surface area contributed by atoms with E-state index >= 15 is 0 Å². The molecule has 6 heteroatoms. The molecule has 1 aliphatic carbocycles. The molecule has 0 amide bonds. The maximum Gasteiger partial charge on any atom is 0.416 e. The number of rotatable bonds is 2. The number of alkyl halides is 3. The fourth-order valence-corrected chi connectivity index (χ4v) is 2.98. The first kappa shape index (κ1) is 16.6. The zero-order valence-corrected chi connectivity index (χ0v) is 11.8. The highest BCUT2D eigenvalue weighted by Crippen LogP contribution is 2.42. The largest absolute Gasteiger partial charge is 0.416 e. The van der Waals surface area contributed by atoms with Gasteiger partial charge in [0.2, 0.25) is 0 Å². The highest BCUT2D eigenvalue weighted by molar-refractivity contribution is 6.31. The first-order valence-corrected chi connectivity index (χ1v) is 6.40. The normalized spacial score (nSPS) is 18.2. The van der Waals surface area contributed by atoms with Gasteiger partial charge in [-0.15, -0.1) is 12.4 Å². The molecule has 0 radical (unpaired) electrons. The summed E-state index contributed by atoms with van der Waals surface area (Å²) in [5.41, 5.74) is 5.37. The number of benzene rings is 1. The predicted octanol–water partition coefficient (Wildman–Crippen LogP) is 4.97. The van der Waals surface area contributed by atoms with E-state index in [1.54, 1.807) is 0 Å². The molecule has 2 rings (SSSR count). The molecule has 19 heavy (non-hydrogen) atoms. The van der Waals surface area contributed by atoms with Crippen LogP contribution in [0.3, 0.4) is 0 Å². The van der Waals surface area contributed by atoms with Gasteiger partial charge < -0.3 is 5.73 Å². The summed E-state index contributed by atoms with van der Waals surface area (Å²) >= 11 is 5.93. The molecule has 108 valence electrons. The Bertz CT molecular complexity index is 428. The van der Waals surface area contributed by atoms with Gasteiger partial charge in [-0.1, -0.05) is 30.5 Å². The summed E-state index contributed by atoms with van der Waals surface area (Å²) in [6, 6.07) is 3.21. The van der Waals surface area contributed by atoms with Gasteiger partial charge in [-0.2, -0.15) is 13.2 Å². The summed E-state index contributed by atoms with van der Waals surface area (Å²) in [7, 11) is 0. The highest BCUT2D eigenvalue weighted by atomic mass is 35.5. The second-order valence-electron chi connectivity index (χ2n) is 4.77. The molecule has 0 spiro atoms. The Kier molecular flexibility index (Phi) is 5.53. The maximum atomic E-state index is 13.0. The molecule has 0 saturated heterocycles. The summed E-state index contributed by atoms with van der Waals surface area (Å²) < 4.78 is 38.9. The molecule has 0 aliphatic heterocycles. The smallest absolute Gasteiger partial charge is 0.324 e. The monoisotopic (exact) mass is 313 g/mol. The summed E-state index contributed by atoms with van der Waals surface area (Å²) in [4.78, 5) is 0. The molecule has 0 unspecified atom stereocenters. The minimum atomic E-state index is -4.41. The lowest BCUT2D eigenvalue weighted by molar-refractivity contribution is -0.138. The topological polar surface area (TPSA) is 26.0 Å². The van der Waals surface area contributed by atoms with Crippen LogP contribution < -0.4 is 5.73 Å². The molecule has 0 bridgehead atoms. The molecule has 1 fully saturated rings. The molecule has 1 aliphatic rings. The van der Waals surface area contributed by atoms with Crippen molar-refractivity contribution in [3.8, 4) is 0 Å². The van der Waals surface area contributed by atoms with Gasteiger partial charge in [0, 0.05) is 11.1 Å². The van der Waals surface area contributed by atoms with Crippen molar-refractivity contribution >= 4 is 24.0 Å². The van der Waals surface area contributed by atoms with E-state index in [2.05, 4.69) is 0 Å². The second kappa shape index (κ2) is 6.33. The standard InChI is InChI=1S/C13H15ClF3N.ClH/c14-10-7-3-6-9(13(15,16)17)11(10)12(18)8-4-1-2-5-8;/h3,6-8,12H,1-2,4-5,18H2;1H/t12-;/m1./s1. The summed E-state index contributed by atoms with van der Waals surface area (Å²) in [5.74, 6) is 0.103. The van der Waals surface area contributed by atoms with Crippen LogP contribution in [-0.4, -0.2) is 0 Å². The molecule has 1 nitrogen and oxygen atoms in total. The van der Waals surface area contributed by atoms with E-state index < -0.39 is 17.8 Å². The second-order valence-corrected chi connectivity index (χ2v) is 5.18. The minimum absolute atomic E-state index is 0. The third-order valence-corrected chi connectivity index (χ3v) is 3.93. The van der Waals surface area contributed by atoms with E-state index in [9.17, 15) is 13.2 Å². The van der Waals surface area contributed by atoms with E-state index in [-0.39, 0.29) is 28.9 Å². The maximum absolute atomic E-state index is 13.0. The van der Waals surface area contributed by atoms with Crippen molar-refractivity contribution in [1.82, 2.24) is 0 Å². The van der Waals surface area contributed by atoms with Crippen LogP contribution in [0, 0.1) is 5.92 Å². The zero-order valence-electron chi connectivity index (χ0n) is 10.2. The van der Waals surface area contributed by atoms with Gasteiger partial charge in [0.25, 0.3) is 0 Å².